The molecule has 1 aliphatic carbocycles. The molecule has 164 valence electrons. The highest BCUT2D eigenvalue weighted by Gasteiger charge is 2.30. The van der Waals surface area contributed by atoms with E-state index in [1.165, 1.54) is 17.5 Å². The van der Waals surface area contributed by atoms with Crippen LogP contribution in [0.3, 0.4) is 0 Å². The molecule has 5 rings (SSSR count). The van der Waals surface area contributed by atoms with Crippen molar-refractivity contribution < 1.29 is 9.59 Å². The number of para-hydroxylation sites is 3. The Bertz CT molecular complexity index is 1160. The SMILES string of the molecule is C[C@H]1CC(=O)Nc2ccccc2N1C(=O)CSc1nc2c(n1-c1ccccc1)CCCC2. The minimum Gasteiger partial charge on any atom is -0.324 e. The Labute approximate surface area is 192 Å². The van der Waals surface area contributed by atoms with Crippen molar-refractivity contribution in [2.24, 2.45) is 0 Å². The zero-order chi connectivity index (χ0) is 22.1. The van der Waals surface area contributed by atoms with Crippen LogP contribution >= 0.6 is 11.8 Å². The van der Waals surface area contributed by atoms with Crippen LogP contribution in [0.1, 0.15) is 37.6 Å². The Morgan fingerprint density at radius 1 is 1.09 bits per heavy atom. The molecule has 1 aliphatic heterocycles. The molecule has 0 radical (unpaired) electrons. The summed E-state index contributed by atoms with van der Waals surface area (Å²) in [5.74, 6) is 0.169. The highest BCUT2D eigenvalue weighted by molar-refractivity contribution is 7.99. The van der Waals surface area contributed by atoms with Gasteiger partial charge in [-0.15, -0.1) is 0 Å². The summed E-state index contributed by atoms with van der Waals surface area (Å²) in [4.78, 5) is 32.4. The van der Waals surface area contributed by atoms with Crippen LogP contribution in [0.2, 0.25) is 0 Å². The van der Waals surface area contributed by atoms with Crippen LogP contribution in [0.15, 0.2) is 59.8 Å². The second-order valence-corrected chi connectivity index (χ2v) is 9.28. The van der Waals surface area contributed by atoms with Crippen LogP contribution in [-0.4, -0.2) is 33.2 Å². The molecule has 1 aromatic heterocycles. The zero-order valence-corrected chi connectivity index (χ0v) is 18.9. The van der Waals surface area contributed by atoms with E-state index in [2.05, 4.69) is 22.0 Å². The highest BCUT2D eigenvalue weighted by Crippen LogP contribution is 2.34. The zero-order valence-electron chi connectivity index (χ0n) is 18.1. The molecule has 0 spiro atoms. The second kappa shape index (κ2) is 8.82. The number of imidazole rings is 1. The van der Waals surface area contributed by atoms with E-state index in [1.807, 2.05) is 49.4 Å². The summed E-state index contributed by atoms with van der Waals surface area (Å²) in [7, 11) is 0. The maximum atomic E-state index is 13.4. The summed E-state index contributed by atoms with van der Waals surface area (Å²) < 4.78 is 2.22. The van der Waals surface area contributed by atoms with E-state index in [1.54, 1.807) is 4.90 Å². The molecule has 0 unspecified atom stereocenters. The first-order valence-corrected chi connectivity index (χ1v) is 12.1. The molecule has 2 heterocycles. The van der Waals surface area contributed by atoms with Gasteiger partial charge in [0.15, 0.2) is 5.16 Å². The number of aromatic nitrogens is 2. The van der Waals surface area contributed by atoms with Crippen molar-refractivity contribution in [1.29, 1.82) is 0 Å². The van der Waals surface area contributed by atoms with Gasteiger partial charge in [0.05, 0.1) is 22.8 Å². The maximum Gasteiger partial charge on any atom is 0.237 e. The van der Waals surface area contributed by atoms with Gasteiger partial charge >= 0.3 is 0 Å². The molecule has 2 aliphatic rings. The van der Waals surface area contributed by atoms with Gasteiger partial charge in [-0.1, -0.05) is 42.1 Å². The predicted octanol–water partition coefficient (Wildman–Crippen LogP) is 4.61. The first-order valence-electron chi connectivity index (χ1n) is 11.1. The van der Waals surface area contributed by atoms with E-state index in [4.69, 9.17) is 4.98 Å². The van der Waals surface area contributed by atoms with Gasteiger partial charge in [-0.2, -0.15) is 0 Å². The Hall–Kier alpha value is -3.06. The number of carbonyl (C=O) groups excluding carboxylic acids is 2. The Morgan fingerprint density at radius 2 is 1.84 bits per heavy atom. The highest BCUT2D eigenvalue weighted by atomic mass is 32.2. The summed E-state index contributed by atoms with van der Waals surface area (Å²) >= 11 is 1.48. The van der Waals surface area contributed by atoms with Crippen LogP contribution < -0.4 is 10.2 Å². The number of nitrogens with one attached hydrogen (secondary N) is 1. The van der Waals surface area contributed by atoms with Gasteiger partial charge in [-0.3, -0.25) is 14.2 Å². The minimum absolute atomic E-state index is 0.0213. The van der Waals surface area contributed by atoms with Crippen LogP contribution in [0.5, 0.6) is 0 Å². The summed E-state index contributed by atoms with van der Waals surface area (Å²) in [6.07, 6.45) is 4.59. The Morgan fingerprint density at radius 3 is 2.69 bits per heavy atom. The molecule has 0 saturated heterocycles. The normalized spacial score (nSPS) is 17.8. The van der Waals surface area contributed by atoms with Crippen molar-refractivity contribution in [2.45, 2.75) is 50.2 Å². The standard InChI is InChI=1S/C25H26N4O2S/c1-17-15-23(30)26-19-11-5-7-13-21(19)28(17)24(31)16-32-25-27-20-12-6-8-14-22(20)29(25)18-9-3-2-4-10-18/h2-5,7,9-11,13,17H,6,8,12,14-16H2,1H3,(H,26,30)/t17-/m0/s1. The number of carbonyl (C=O) groups is 2. The third-order valence-electron chi connectivity index (χ3n) is 6.07. The van der Waals surface area contributed by atoms with E-state index >= 15 is 0 Å². The number of benzene rings is 2. The molecule has 1 atom stereocenters. The van der Waals surface area contributed by atoms with Crippen LogP contribution in [0.25, 0.3) is 5.69 Å². The van der Waals surface area contributed by atoms with E-state index in [0.717, 1.165) is 47.9 Å². The number of aryl methyl sites for hydroxylation is 1. The summed E-state index contributed by atoms with van der Waals surface area (Å²) in [5, 5.41) is 3.78. The molecule has 32 heavy (non-hydrogen) atoms. The molecule has 0 fully saturated rings. The summed E-state index contributed by atoms with van der Waals surface area (Å²) in [6, 6.07) is 17.5. The van der Waals surface area contributed by atoms with Crippen molar-refractivity contribution in [2.75, 3.05) is 16.0 Å². The molecule has 2 aromatic carbocycles. The van der Waals surface area contributed by atoms with Gasteiger partial charge < -0.3 is 10.2 Å². The third-order valence-corrected chi connectivity index (χ3v) is 6.99. The molecule has 1 N–H and O–H groups in total. The van der Waals surface area contributed by atoms with Crippen LogP contribution in [0.4, 0.5) is 11.4 Å². The molecule has 3 aromatic rings. The van der Waals surface area contributed by atoms with E-state index in [9.17, 15) is 9.59 Å². The topological polar surface area (TPSA) is 67.2 Å². The predicted molar refractivity (Wildman–Crippen MR) is 128 cm³/mol. The second-order valence-electron chi connectivity index (χ2n) is 8.34. The van der Waals surface area contributed by atoms with Crippen molar-refractivity contribution in [3.8, 4) is 5.69 Å². The first-order chi connectivity index (χ1) is 15.6. The molecule has 6 nitrogen and oxygen atoms in total. The van der Waals surface area contributed by atoms with Crippen molar-refractivity contribution >= 4 is 35.0 Å². The number of nitrogens with zero attached hydrogens (tertiary/aromatic N) is 3. The van der Waals surface area contributed by atoms with E-state index < -0.39 is 0 Å². The lowest BCUT2D eigenvalue weighted by Crippen LogP contribution is -2.40. The smallest absolute Gasteiger partial charge is 0.237 e. The van der Waals surface area contributed by atoms with Crippen molar-refractivity contribution in [3.05, 3.63) is 66.0 Å². The van der Waals surface area contributed by atoms with Gasteiger partial charge in [-0.25, -0.2) is 4.98 Å². The lowest BCUT2D eigenvalue weighted by Gasteiger charge is -2.27. The van der Waals surface area contributed by atoms with Gasteiger partial charge in [-0.05, 0) is 56.9 Å². The number of anilines is 2. The molecular formula is C25H26N4O2S. The molecule has 0 bridgehead atoms. The fraction of sp³-hybridized carbons (Fsp3) is 0.320. The molecule has 7 heteroatoms. The number of fused-ring (bicyclic) bond motifs is 2. The number of rotatable bonds is 4. The fourth-order valence-corrected chi connectivity index (χ4v) is 5.53. The largest absolute Gasteiger partial charge is 0.324 e. The maximum absolute atomic E-state index is 13.4. The Kier molecular flexibility index (Phi) is 5.74. The summed E-state index contributed by atoms with van der Waals surface area (Å²) in [5.41, 5.74) is 4.93. The van der Waals surface area contributed by atoms with Crippen LogP contribution in [-0.2, 0) is 22.4 Å². The van der Waals surface area contributed by atoms with Crippen molar-refractivity contribution in [1.82, 2.24) is 9.55 Å². The lowest BCUT2D eigenvalue weighted by atomic mass is 10.0. The average molecular weight is 447 g/mol. The summed E-state index contributed by atoms with van der Waals surface area (Å²) in [6.45, 7) is 1.92. The number of amides is 2. The number of hydrogen-bond acceptors (Lipinski definition) is 4. The Balaban J connectivity index is 1.43. The van der Waals surface area contributed by atoms with Gasteiger partial charge in [0, 0.05) is 23.8 Å². The van der Waals surface area contributed by atoms with Crippen molar-refractivity contribution in [3.63, 3.8) is 0 Å². The number of hydrogen-bond donors (Lipinski definition) is 1. The molecule has 2 amide bonds. The van der Waals surface area contributed by atoms with E-state index in [-0.39, 0.29) is 30.0 Å². The van der Waals surface area contributed by atoms with Gasteiger partial charge in [0.1, 0.15) is 0 Å². The fourth-order valence-electron chi connectivity index (χ4n) is 4.62. The third kappa shape index (κ3) is 3.93. The van der Waals surface area contributed by atoms with E-state index in [0.29, 0.717) is 5.69 Å². The van der Waals surface area contributed by atoms with Gasteiger partial charge in [0.25, 0.3) is 0 Å². The monoisotopic (exact) mass is 446 g/mol. The lowest BCUT2D eigenvalue weighted by molar-refractivity contribution is -0.117. The van der Waals surface area contributed by atoms with Crippen LogP contribution in [0, 0.1) is 0 Å². The minimum atomic E-state index is -0.214. The molecular weight excluding hydrogens is 420 g/mol. The molecule has 0 saturated carbocycles. The average Bonchev–Trinajstić information content (AvgIpc) is 3.11. The quantitative estimate of drug-likeness (QED) is 0.595. The number of thioether (sulfide) groups is 1. The van der Waals surface area contributed by atoms with Gasteiger partial charge in [0.2, 0.25) is 11.8 Å². The first kappa shape index (κ1) is 20.8.